The molecule has 3 heteroatoms. The molecular weight excluding hydrogens is 157 g/mol. The molecule has 1 aromatic carbocycles. The topological polar surface area (TPSA) is 29.1 Å². The van der Waals surface area contributed by atoms with Gasteiger partial charge in [0.2, 0.25) is 6.41 Å². The van der Waals surface area contributed by atoms with Gasteiger partial charge < -0.3 is 5.32 Å². The summed E-state index contributed by atoms with van der Waals surface area (Å²) in [7, 11) is 0. The molecule has 0 aliphatic rings. The number of hydrogen-bond acceptors (Lipinski definition) is 1. The van der Waals surface area contributed by atoms with Gasteiger partial charge in [-0.2, -0.15) is 0 Å². The van der Waals surface area contributed by atoms with Crippen LogP contribution in [0.4, 0.5) is 4.39 Å². The standard InChI is InChI=1S/C9H10FNO/c1-7-4-8(5-11-6-12)2-3-9(7)10/h2-4,6H,5H2,1H3,(H,11,12). The number of aryl methyl sites for hydroxylation is 1. The summed E-state index contributed by atoms with van der Waals surface area (Å²) < 4.78 is 12.7. The van der Waals surface area contributed by atoms with E-state index in [4.69, 9.17) is 0 Å². The Kier molecular flexibility index (Phi) is 2.80. The SMILES string of the molecule is Cc1cc(CNC=O)ccc1F. The average Bonchev–Trinajstić information content (AvgIpc) is 2.07. The second kappa shape index (κ2) is 3.85. The zero-order valence-corrected chi connectivity index (χ0v) is 6.80. The molecule has 1 N–H and O–H groups in total. The molecule has 1 amide bonds. The van der Waals surface area contributed by atoms with Crippen molar-refractivity contribution in [3.05, 3.63) is 35.1 Å². The molecule has 0 saturated heterocycles. The van der Waals surface area contributed by atoms with Gasteiger partial charge in [-0.25, -0.2) is 4.39 Å². The Morgan fingerprint density at radius 2 is 2.33 bits per heavy atom. The number of nitrogens with one attached hydrogen (secondary N) is 1. The van der Waals surface area contributed by atoms with E-state index in [9.17, 15) is 9.18 Å². The quantitative estimate of drug-likeness (QED) is 0.677. The van der Waals surface area contributed by atoms with E-state index in [1.165, 1.54) is 6.07 Å². The van der Waals surface area contributed by atoms with Gasteiger partial charge in [-0.3, -0.25) is 4.79 Å². The van der Waals surface area contributed by atoms with E-state index in [1.807, 2.05) is 0 Å². The Morgan fingerprint density at radius 1 is 1.58 bits per heavy atom. The first-order valence-corrected chi connectivity index (χ1v) is 3.66. The third kappa shape index (κ3) is 2.05. The molecular formula is C9H10FNO. The minimum Gasteiger partial charge on any atom is -0.355 e. The van der Waals surface area contributed by atoms with Gasteiger partial charge >= 0.3 is 0 Å². The number of benzene rings is 1. The molecule has 0 bridgehead atoms. The van der Waals surface area contributed by atoms with Gasteiger partial charge in [0.15, 0.2) is 0 Å². The van der Waals surface area contributed by atoms with E-state index in [1.54, 1.807) is 19.1 Å². The molecule has 0 atom stereocenters. The van der Waals surface area contributed by atoms with Gasteiger partial charge in [-0.15, -0.1) is 0 Å². The van der Waals surface area contributed by atoms with E-state index in [2.05, 4.69) is 5.32 Å². The van der Waals surface area contributed by atoms with Crippen LogP contribution in [0.25, 0.3) is 0 Å². The smallest absolute Gasteiger partial charge is 0.207 e. The minimum absolute atomic E-state index is 0.218. The van der Waals surface area contributed by atoms with Crippen LogP contribution in [0.1, 0.15) is 11.1 Å². The normalized spacial score (nSPS) is 9.50. The number of carbonyl (C=O) groups is 1. The molecule has 0 radical (unpaired) electrons. The lowest BCUT2D eigenvalue weighted by Gasteiger charge is -2.01. The van der Waals surface area contributed by atoms with E-state index >= 15 is 0 Å². The Bertz CT molecular complexity index is 286. The van der Waals surface area contributed by atoms with Crippen LogP contribution in [0.5, 0.6) is 0 Å². The molecule has 12 heavy (non-hydrogen) atoms. The molecule has 0 fully saturated rings. The summed E-state index contributed by atoms with van der Waals surface area (Å²) in [5.74, 6) is -0.218. The van der Waals surface area contributed by atoms with E-state index in [0.29, 0.717) is 18.5 Å². The molecule has 0 saturated carbocycles. The first-order chi connectivity index (χ1) is 5.74. The van der Waals surface area contributed by atoms with Crippen molar-refractivity contribution in [2.24, 2.45) is 0 Å². The molecule has 0 spiro atoms. The highest BCUT2D eigenvalue weighted by atomic mass is 19.1. The maximum Gasteiger partial charge on any atom is 0.207 e. The summed E-state index contributed by atoms with van der Waals surface area (Å²) >= 11 is 0. The van der Waals surface area contributed by atoms with Crippen LogP contribution in [-0.4, -0.2) is 6.41 Å². The molecule has 0 unspecified atom stereocenters. The minimum atomic E-state index is -0.218. The second-order valence-corrected chi connectivity index (χ2v) is 2.58. The number of rotatable bonds is 3. The highest BCUT2D eigenvalue weighted by Crippen LogP contribution is 2.08. The number of carbonyl (C=O) groups excluding carboxylic acids is 1. The van der Waals surface area contributed by atoms with Crippen molar-refractivity contribution < 1.29 is 9.18 Å². The van der Waals surface area contributed by atoms with Gasteiger partial charge in [0, 0.05) is 6.54 Å². The van der Waals surface area contributed by atoms with Gasteiger partial charge in [0.1, 0.15) is 5.82 Å². The maximum atomic E-state index is 12.7. The molecule has 0 aliphatic heterocycles. The Morgan fingerprint density at radius 3 is 2.92 bits per heavy atom. The molecule has 1 rings (SSSR count). The van der Waals surface area contributed by atoms with Crippen LogP contribution >= 0.6 is 0 Å². The fourth-order valence-corrected chi connectivity index (χ4v) is 0.976. The second-order valence-electron chi connectivity index (χ2n) is 2.58. The summed E-state index contributed by atoms with van der Waals surface area (Å²) in [6, 6.07) is 4.77. The highest BCUT2D eigenvalue weighted by Gasteiger charge is 1.97. The third-order valence-corrected chi connectivity index (χ3v) is 1.61. The summed E-state index contributed by atoms with van der Waals surface area (Å²) in [4.78, 5) is 9.94. The Balaban J connectivity index is 2.75. The van der Waals surface area contributed by atoms with Crippen molar-refractivity contribution in [2.45, 2.75) is 13.5 Å². The fraction of sp³-hybridized carbons (Fsp3) is 0.222. The summed E-state index contributed by atoms with van der Waals surface area (Å²) in [6.07, 6.45) is 0.624. The van der Waals surface area contributed by atoms with Gasteiger partial charge in [-0.05, 0) is 24.1 Å². The van der Waals surface area contributed by atoms with Crippen LogP contribution < -0.4 is 5.32 Å². The monoisotopic (exact) mass is 167 g/mol. The van der Waals surface area contributed by atoms with Gasteiger partial charge in [-0.1, -0.05) is 12.1 Å². The molecule has 0 aromatic heterocycles. The lowest BCUT2D eigenvalue weighted by molar-refractivity contribution is -0.109. The highest BCUT2D eigenvalue weighted by molar-refractivity contribution is 5.46. The lowest BCUT2D eigenvalue weighted by atomic mass is 10.1. The molecule has 0 heterocycles. The van der Waals surface area contributed by atoms with Crippen molar-refractivity contribution in [3.8, 4) is 0 Å². The summed E-state index contributed by atoms with van der Waals surface area (Å²) in [5, 5.41) is 2.51. The van der Waals surface area contributed by atoms with E-state index in [-0.39, 0.29) is 5.82 Å². The van der Waals surface area contributed by atoms with Crippen molar-refractivity contribution in [1.29, 1.82) is 0 Å². The molecule has 64 valence electrons. The van der Waals surface area contributed by atoms with E-state index < -0.39 is 0 Å². The van der Waals surface area contributed by atoms with E-state index in [0.717, 1.165) is 5.56 Å². The Hall–Kier alpha value is -1.38. The van der Waals surface area contributed by atoms with Crippen molar-refractivity contribution in [3.63, 3.8) is 0 Å². The van der Waals surface area contributed by atoms with Crippen molar-refractivity contribution in [1.82, 2.24) is 5.32 Å². The van der Waals surface area contributed by atoms with Crippen LogP contribution in [-0.2, 0) is 11.3 Å². The van der Waals surface area contributed by atoms with Crippen molar-refractivity contribution in [2.75, 3.05) is 0 Å². The fourth-order valence-electron chi connectivity index (χ4n) is 0.976. The molecule has 2 nitrogen and oxygen atoms in total. The third-order valence-electron chi connectivity index (χ3n) is 1.61. The predicted molar refractivity (Wildman–Crippen MR) is 44.0 cm³/mol. The largest absolute Gasteiger partial charge is 0.355 e. The zero-order chi connectivity index (χ0) is 8.97. The van der Waals surface area contributed by atoms with Crippen LogP contribution in [0, 0.1) is 12.7 Å². The summed E-state index contributed by atoms with van der Waals surface area (Å²) in [6.45, 7) is 2.14. The average molecular weight is 167 g/mol. The van der Waals surface area contributed by atoms with Gasteiger partial charge in [0.25, 0.3) is 0 Å². The molecule has 1 aromatic rings. The van der Waals surface area contributed by atoms with Crippen LogP contribution in [0.15, 0.2) is 18.2 Å². The van der Waals surface area contributed by atoms with Crippen LogP contribution in [0.3, 0.4) is 0 Å². The number of hydrogen-bond donors (Lipinski definition) is 1. The Labute approximate surface area is 70.4 Å². The zero-order valence-electron chi connectivity index (χ0n) is 6.80. The first-order valence-electron chi connectivity index (χ1n) is 3.66. The molecule has 0 aliphatic carbocycles. The number of amides is 1. The van der Waals surface area contributed by atoms with Crippen molar-refractivity contribution >= 4 is 6.41 Å². The first kappa shape index (κ1) is 8.71. The number of halogens is 1. The predicted octanol–water partition coefficient (Wildman–Crippen LogP) is 1.38. The maximum absolute atomic E-state index is 12.7. The lowest BCUT2D eigenvalue weighted by Crippen LogP contribution is -2.09. The van der Waals surface area contributed by atoms with Crippen LogP contribution in [0.2, 0.25) is 0 Å². The summed E-state index contributed by atoms with van der Waals surface area (Å²) in [5.41, 5.74) is 1.50. The van der Waals surface area contributed by atoms with Gasteiger partial charge in [0.05, 0.1) is 0 Å².